The molecule has 128 valence electrons. The van der Waals surface area contributed by atoms with Crippen molar-refractivity contribution >= 4 is 29.4 Å². The van der Waals surface area contributed by atoms with E-state index in [9.17, 15) is 19.2 Å². The average molecular weight is 331 g/mol. The van der Waals surface area contributed by atoms with E-state index < -0.39 is 36.3 Å². The van der Waals surface area contributed by atoms with Gasteiger partial charge >= 0.3 is 17.8 Å². The number of urea groups is 1. The number of imide groups is 2. The van der Waals surface area contributed by atoms with E-state index in [1.165, 1.54) is 0 Å². The average Bonchev–Trinajstić information content (AvgIpc) is 2.66. The molecular weight excluding hydrogens is 310 g/mol. The van der Waals surface area contributed by atoms with Crippen LogP contribution in [0.3, 0.4) is 0 Å². The van der Waals surface area contributed by atoms with Crippen molar-refractivity contribution in [2.24, 2.45) is 0 Å². The van der Waals surface area contributed by atoms with Gasteiger partial charge < -0.3 is 5.32 Å². The Morgan fingerprint density at radius 3 is 2.04 bits per heavy atom. The van der Waals surface area contributed by atoms with E-state index in [0.29, 0.717) is 10.6 Å². The van der Waals surface area contributed by atoms with Crippen LogP contribution in [-0.4, -0.2) is 46.1 Å². The first-order chi connectivity index (χ1) is 11.1. The van der Waals surface area contributed by atoms with Crippen LogP contribution < -0.4 is 5.32 Å². The molecule has 0 atom stereocenters. The summed E-state index contributed by atoms with van der Waals surface area (Å²) in [4.78, 5) is 49.7. The summed E-state index contributed by atoms with van der Waals surface area (Å²) >= 11 is 0. The number of hydrogen-bond acceptors (Lipinski definition) is 4. The first kappa shape index (κ1) is 17.7. The number of nitrogens with zero attached hydrogens (tertiary/aromatic N) is 2. The van der Waals surface area contributed by atoms with Crippen LogP contribution in [0.2, 0.25) is 0 Å². The lowest BCUT2D eigenvalue weighted by Gasteiger charge is -2.18. The number of anilines is 1. The molecular formula is C17H21N3O4. The molecule has 1 aromatic carbocycles. The summed E-state index contributed by atoms with van der Waals surface area (Å²) in [5.74, 6) is -2.39. The molecule has 0 radical (unpaired) electrons. The van der Waals surface area contributed by atoms with Gasteiger partial charge in [-0.25, -0.2) is 9.69 Å². The summed E-state index contributed by atoms with van der Waals surface area (Å²) in [6.45, 7) is 8.47. The molecule has 0 bridgehead atoms. The van der Waals surface area contributed by atoms with Gasteiger partial charge in [-0.05, 0) is 45.7 Å². The Labute approximate surface area is 140 Å². The van der Waals surface area contributed by atoms with E-state index in [0.717, 1.165) is 21.6 Å². The molecule has 0 saturated carbocycles. The standard InChI is InChI=1S/C17H21N3O4/c1-9(2)20-16(23)15(22)19(17(20)24)8-13(21)18-14-11(4)6-10(3)7-12(14)5/h6-7,9H,8H2,1-5H3,(H,18,21). The minimum absolute atomic E-state index is 0.441. The van der Waals surface area contributed by atoms with Crippen LogP contribution in [0.4, 0.5) is 10.5 Å². The summed E-state index contributed by atoms with van der Waals surface area (Å²) < 4.78 is 0. The molecule has 1 aromatic rings. The van der Waals surface area contributed by atoms with Gasteiger partial charge in [0.05, 0.1) is 0 Å². The maximum Gasteiger partial charge on any atom is 0.334 e. The number of carbonyl (C=O) groups is 4. The van der Waals surface area contributed by atoms with E-state index in [4.69, 9.17) is 0 Å². The van der Waals surface area contributed by atoms with Crippen LogP contribution in [-0.2, 0) is 14.4 Å². The number of carbonyl (C=O) groups excluding carboxylic acids is 4. The van der Waals surface area contributed by atoms with Crippen molar-refractivity contribution in [3.63, 3.8) is 0 Å². The van der Waals surface area contributed by atoms with Gasteiger partial charge in [-0.3, -0.25) is 19.3 Å². The number of nitrogens with one attached hydrogen (secondary N) is 1. The molecule has 1 fully saturated rings. The van der Waals surface area contributed by atoms with Gasteiger partial charge in [0.2, 0.25) is 5.91 Å². The smallest absolute Gasteiger partial charge is 0.324 e. The summed E-state index contributed by atoms with van der Waals surface area (Å²) in [5, 5.41) is 2.72. The predicted molar refractivity (Wildman–Crippen MR) is 88.4 cm³/mol. The minimum atomic E-state index is -0.971. The predicted octanol–water partition coefficient (Wildman–Crippen LogP) is 1.75. The van der Waals surface area contributed by atoms with Gasteiger partial charge in [-0.15, -0.1) is 0 Å². The number of rotatable bonds is 4. The quantitative estimate of drug-likeness (QED) is 0.672. The van der Waals surface area contributed by atoms with Crippen LogP contribution in [0.1, 0.15) is 30.5 Å². The number of hydrogen-bond donors (Lipinski definition) is 1. The van der Waals surface area contributed by atoms with Crippen molar-refractivity contribution in [2.45, 2.75) is 40.7 Å². The minimum Gasteiger partial charge on any atom is -0.324 e. The molecule has 1 aliphatic heterocycles. The van der Waals surface area contributed by atoms with Gasteiger partial charge in [0.1, 0.15) is 6.54 Å². The van der Waals surface area contributed by atoms with Crippen molar-refractivity contribution in [3.05, 3.63) is 28.8 Å². The third-order valence-corrected chi connectivity index (χ3v) is 3.84. The summed E-state index contributed by atoms with van der Waals surface area (Å²) in [5.41, 5.74) is 3.50. The Hall–Kier alpha value is -2.70. The summed E-state index contributed by atoms with van der Waals surface area (Å²) in [6.07, 6.45) is 0. The van der Waals surface area contributed by atoms with E-state index in [1.54, 1.807) is 13.8 Å². The molecule has 0 aromatic heterocycles. The van der Waals surface area contributed by atoms with Crippen LogP contribution in [0.15, 0.2) is 12.1 Å². The molecule has 0 aliphatic carbocycles. The third-order valence-electron chi connectivity index (χ3n) is 3.84. The zero-order chi connectivity index (χ0) is 18.2. The third kappa shape index (κ3) is 3.15. The van der Waals surface area contributed by atoms with Crippen molar-refractivity contribution in [1.82, 2.24) is 9.80 Å². The highest BCUT2D eigenvalue weighted by atomic mass is 16.2. The van der Waals surface area contributed by atoms with Crippen molar-refractivity contribution < 1.29 is 19.2 Å². The van der Waals surface area contributed by atoms with Crippen LogP contribution in [0, 0.1) is 20.8 Å². The summed E-state index contributed by atoms with van der Waals surface area (Å²) in [6, 6.07) is 2.66. The van der Waals surface area contributed by atoms with E-state index >= 15 is 0 Å². The van der Waals surface area contributed by atoms with Gasteiger partial charge in [0, 0.05) is 11.7 Å². The SMILES string of the molecule is Cc1cc(C)c(NC(=O)CN2C(=O)C(=O)N(C(C)C)C2=O)c(C)c1. The fourth-order valence-electron chi connectivity index (χ4n) is 2.82. The fourth-order valence-corrected chi connectivity index (χ4v) is 2.82. The van der Waals surface area contributed by atoms with Crippen LogP contribution in [0.25, 0.3) is 0 Å². The number of benzene rings is 1. The second-order valence-corrected chi connectivity index (χ2v) is 6.26. The molecule has 1 N–H and O–H groups in total. The topological polar surface area (TPSA) is 86.8 Å². The van der Waals surface area contributed by atoms with E-state index in [1.807, 2.05) is 32.9 Å². The second-order valence-electron chi connectivity index (χ2n) is 6.26. The van der Waals surface area contributed by atoms with Crippen molar-refractivity contribution in [1.29, 1.82) is 0 Å². The second kappa shape index (κ2) is 6.43. The lowest BCUT2D eigenvalue weighted by atomic mass is 10.1. The van der Waals surface area contributed by atoms with Gasteiger partial charge in [-0.1, -0.05) is 17.7 Å². The normalized spacial score (nSPS) is 14.8. The fraction of sp³-hybridized carbons (Fsp3) is 0.412. The molecule has 0 unspecified atom stereocenters. The lowest BCUT2D eigenvalue weighted by molar-refractivity contribution is -0.144. The molecule has 1 saturated heterocycles. The highest BCUT2D eigenvalue weighted by Gasteiger charge is 2.46. The zero-order valence-electron chi connectivity index (χ0n) is 14.5. The Balaban J connectivity index is 2.15. The first-order valence-corrected chi connectivity index (χ1v) is 7.70. The first-order valence-electron chi connectivity index (χ1n) is 7.70. The molecule has 1 aliphatic rings. The van der Waals surface area contributed by atoms with Gasteiger partial charge in [-0.2, -0.15) is 0 Å². The zero-order valence-corrected chi connectivity index (χ0v) is 14.5. The highest BCUT2D eigenvalue weighted by Crippen LogP contribution is 2.22. The largest absolute Gasteiger partial charge is 0.334 e. The lowest BCUT2D eigenvalue weighted by Crippen LogP contribution is -2.40. The van der Waals surface area contributed by atoms with Crippen LogP contribution >= 0.6 is 0 Å². The Bertz CT molecular complexity index is 716. The van der Waals surface area contributed by atoms with Gasteiger partial charge in [0.25, 0.3) is 0 Å². The van der Waals surface area contributed by atoms with E-state index in [-0.39, 0.29) is 0 Å². The number of amides is 5. The highest BCUT2D eigenvalue weighted by molar-refractivity contribution is 6.45. The Morgan fingerprint density at radius 1 is 1.04 bits per heavy atom. The maximum absolute atomic E-state index is 12.2. The van der Waals surface area contributed by atoms with Crippen molar-refractivity contribution in [3.8, 4) is 0 Å². The Kier molecular flexibility index (Phi) is 4.73. The molecule has 1 heterocycles. The van der Waals surface area contributed by atoms with Crippen LogP contribution in [0.5, 0.6) is 0 Å². The monoisotopic (exact) mass is 331 g/mol. The number of aryl methyl sites for hydroxylation is 3. The molecule has 7 nitrogen and oxygen atoms in total. The molecule has 7 heteroatoms. The van der Waals surface area contributed by atoms with Gasteiger partial charge in [0.15, 0.2) is 0 Å². The molecule has 0 spiro atoms. The molecule has 24 heavy (non-hydrogen) atoms. The molecule has 2 rings (SSSR count). The Morgan fingerprint density at radius 2 is 1.58 bits per heavy atom. The van der Waals surface area contributed by atoms with Crippen molar-refractivity contribution in [2.75, 3.05) is 11.9 Å². The summed E-state index contributed by atoms with van der Waals surface area (Å²) in [7, 11) is 0. The molecule has 5 amide bonds. The van der Waals surface area contributed by atoms with E-state index in [2.05, 4.69) is 5.32 Å². The maximum atomic E-state index is 12.2.